The molecule has 1 rings (SSSR count). The van der Waals surface area contributed by atoms with E-state index >= 15 is 0 Å². The summed E-state index contributed by atoms with van der Waals surface area (Å²) in [6.45, 7) is 3.89. The SMILES string of the molecule is COC1C(O)CC(C)OC1C. The molecule has 0 radical (unpaired) electrons. The zero-order valence-corrected chi connectivity index (χ0v) is 7.28. The highest BCUT2D eigenvalue weighted by atomic mass is 16.6. The van der Waals surface area contributed by atoms with Gasteiger partial charge in [-0.05, 0) is 13.8 Å². The van der Waals surface area contributed by atoms with E-state index in [0.717, 1.165) is 0 Å². The smallest absolute Gasteiger partial charge is 0.109 e. The van der Waals surface area contributed by atoms with Crippen molar-refractivity contribution in [2.45, 2.75) is 44.7 Å². The van der Waals surface area contributed by atoms with Crippen LogP contribution in [0.2, 0.25) is 0 Å². The maximum atomic E-state index is 9.50. The third-order valence-electron chi connectivity index (χ3n) is 2.13. The van der Waals surface area contributed by atoms with Crippen molar-refractivity contribution >= 4 is 0 Å². The van der Waals surface area contributed by atoms with Gasteiger partial charge in [-0.1, -0.05) is 0 Å². The van der Waals surface area contributed by atoms with Gasteiger partial charge in [-0.3, -0.25) is 0 Å². The van der Waals surface area contributed by atoms with Crippen LogP contribution in [0.1, 0.15) is 20.3 Å². The second kappa shape index (κ2) is 3.52. The first-order chi connectivity index (χ1) is 5.15. The topological polar surface area (TPSA) is 38.7 Å². The van der Waals surface area contributed by atoms with Gasteiger partial charge in [-0.25, -0.2) is 0 Å². The van der Waals surface area contributed by atoms with Crippen molar-refractivity contribution in [2.24, 2.45) is 0 Å². The van der Waals surface area contributed by atoms with Crippen LogP contribution >= 0.6 is 0 Å². The van der Waals surface area contributed by atoms with Crippen LogP contribution in [-0.4, -0.2) is 36.6 Å². The number of aliphatic hydroxyl groups excluding tert-OH is 1. The summed E-state index contributed by atoms with van der Waals surface area (Å²) < 4.78 is 10.6. The first-order valence-electron chi connectivity index (χ1n) is 4.01. The molecule has 3 heteroatoms. The van der Waals surface area contributed by atoms with Gasteiger partial charge in [0.25, 0.3) is 0 Å². The molecule has 4 atom stereocenters. The van der Waals surface area contributed by atoms with E-state index in [1.807, 2.05) is 13.8 Å². The van der Waals surface area contributed by atoms with E-state index in [2.05, 4.69) is 0 Å². The van der Waals surface area contributed by atoms with Crippen LogP contribution in [-0.2, 0) is 9.47 Å². The maximum absolute atomic E-state index is 9.50. The number of aliphatic hydroxyl groups is 1. The van der Waals surface area contributed by atoms with E-state index in [1.165, 1.54) is 0 Å². The number of hydrogen-bond acceptors (Lipinski definition) is 3. The Morgan fingerprint density at radius 2 is 2.09 bits per heavy atom. The first-order valence-corrected chi connectivity index (χ1v) is 4.01. The number of ether oxygens (including phenoxy) is 2. The zero-order valence-electron chi connectivity index (χ0n) is 7.28. The summed E-state index contributed by atoms with van der Waals surface area (Å²) in [5.74, 6) is 0. The average molecular weight is 160 g/mol. The molecule has 0 amide bonds. The Bertz CT molecular complexity index is 115. The minimum absolute atomic E-state index is 0.00116. The Balaban J connectivity index is 2.52. The minimum Gasteiger partial charge on any atom is -0.390 e. The predicted octanol–water partition coefficient (Wildman–Crippen LogP) is 0.560. The van der Waals surface area contributed by atoms with E-state index < -0.39 is 0 Å². The van der Waals surface area contributed by atoms with Crippen LogP contribution in [0.4, 0.5) is 0 Å². The molecule has 1 saturated heterocycles. The van der Waals surface area contributed by atoms with Gasteiger partial charge in [0.1, 0.15) is 6.10 Å². The van der Waals surface area contributed by atoms with Crippen molar-refractivity contribution in [3.8, 4) is 0 Å². The molecule has 1 aliphatic heterocycles. The highest BCUT2D eigenvalue weighted by molar-refractivity contribution is 4.82. The Labute approximate surface area is 67.3 Å². The molecule has 11 heavy (non-hydrogen) atoms. The molecule has 0 spiro atoms. The van der Waals surface area contributed by atoms with Crippen molar-refractivity contribution < 1.29 is 14.6 Å². The zero-order chi connectivity index (χ0) is 8.43. The van der Waals surface area contributed by atoms with Crippen LogP contribution < -0.4 is 0 Å². The van der Waals surface area contributed by atoms with Gasteiger partial charge in [-0.2, -0.15) is 0 Å². The molecular weight excluding hydrogens is 144 g/mol. The van der Waals surface area contributed by atoms with E-state index in [9.17, 15) is 5.11 Å². The number of hydrogen-bond donors (Lipinski definition) is 1. The summed E-state index contributed by atoms with van der Waals surface area (Å²) in [4.78, 5) is 0. The predicted molar refractivity (Wildman–Crippen MR) is 41.4 cm³/mol. The lowest BCUT2D eigenvalue weighted by atomic mass is 9.99. The molecule has 0 aliphatic carbocycles. The van der Waals surface area contributed by atoms with E-state index in [1.54, 1.807) is 7.11 Å². The van der Waals surface area contributed by atoms with E-state index in [0.29, 0.717) is 6.42 Å². The number of rotatable bonds is 1. The molecule has 0 aromatic heterocycles. The van der Waals surface area contributed by atoms with E-state index in [-0.39, 0.29) is 24.4 Å². The maximum Gasteiger partial charge on any atom is 0.109 e. The first kappa shape index (κ1) is 8.97. The van der Waals surface area contributed by atoms with Crippen molar-refractivity contribution in [2.75, 3.05) is 7.11 Å². The van der Waals surface area contributed by atoms with Gasteiger partial charge in [0.15, 0.2) is 0 Å². The van der Waals surface area contributed by atoms with Gasteiger partial charge in [0, 0.05) is 13.5 Å². The molecule has 1 aliphatic rings. The van der Waals surface area contributed by atoms with Crippen LogP contribution in [0.15, 0.2) is 0 Å². The monoisotopic (exact) mass is 160 g/mol. The average Bonchev–Trinajstić information content (AvgIpc) is 1.85. The van der Waals surface area contributed by atoms with Crippen LogP contribution in [0.3, 0.4) is 0 Å². The van der Waals surface area contributed by atoms with Gasteiger partial charge in [0.05, 0.1) is 18.3 Å². The lowest BCUT2D eigenvalue weighted by Crippen LogP contribution is -2.46. The summed E-state index contributed by atoms with van der Waals surface area (Å²) in [5, 5.41) is 9.50. The molecule has 0 aromatic carbocycles. The highest BCUT2D eigenvalue weighted by Gasteiger charge is 2.33. The largest absolute Gasteiger partial charge is 0.390 e. The van der Waals surface area contributed by atoms with Crippen LogP contribution in [0.25, 0.3) is 0 Å². The highest BCUT2D eigenvalue weighted by Crippen LogP contribution is 2.21. The molecule has 4 unspecified atom stereocenters. The quantitative estimate of drug-likeness (QED) is 0.609. The molecule has 1 heterocycles. The summed E-state index contributed by atoms with van der Waals surface area (Å²) in [6, 6.07) is 0. The third-order valence-corrected chi connectivity index (χ3v) is 2.13. The Morgan fingerprint density at radius 1 is 1.45 bits per heavy atom. The van der Waals surface area contributed by atoms with Crippen molar-refractivity contribution in [3.05, 3.63) is 0 Å². The minimum atomic E-state index is -0.376. The summed E-state index contributed by atoms with van der Waals surface area (Å²) in [7, 11) is 1.60. The van der Waals surface area contributed by atoms with E-state index in [4.69, 9.17) is 9.47 Å². The Morgan fingerprint density at radius 3 is 2.55 bits per heavy atom. The van der Waals surface area contributed by atoms with Gasteiger partial charge < -0.3 is 14.6 Å². The molecule has 3 nitrogen and oxygen atoms in total. The van der Waals surface area contributed by atoms with Crippen LogP contribution in [0, 0.1) is 0 Å². The molecule has 1 fully saturated rings. The molecular formula is C8H16O3. The van der Waals surface area contributed by atoms with Crippen molar-refractivity contribution in [1.82, 2.24) is 0 Å². The molecule has 0 saturated carbocycles. The molecule has 0 aromatic rings. The summed E-state index contributed by atoms with van der Waals surface area (Å²) in [5.41, 5.74) is 0. The standard InChI is InChI=1S/C8H16O3/c1-5-4-7(9)8(10-3)6(2)11-5/h5-9H,4H2,1-3H3. The van der Waals surface area contributed by atoms with Crippen molar-refractivity contribution in [3.63, 3.8) is 0 Å². The normalized spacial score (nSPS) is 45.8. The summed E-state index contributed by atoms with van der Waals surface area (Å²) in [6.07, 6.45) is 0.276. The number of methoxy groups -OCH3 is 1. The van der Waals surface area contributed by atoms with Gasteiger partial charge in [-0.15, -0.1) is 0 Å². The Hall–Kier alpha value is -0.120. The van der Waals surface area contributed by atoms with Gasteiger partial charge in [0.2, 0.25) is 0 Å². The fraction of sp³-hybridized carbons (Fsp3) is 1.00. The fourth-order valence-electron chi connectivity index (χ4n) is 1.64. The molecule has 1 N–H and O–H groups in total. The second-order valence-corrected chi connectivity index (χ2v) is 3.16. The lowest BCUT2D eigenvalue weighted by Gasteiger charge is -2.35. The van der Waals surface area contributed by atoms with Gasteiger partial charge >= 0.3 is 0 Å². The second-order valence-electron chi connectivity index (χ2n) is 3.16. The molecule has 0 bridgehead atoms. The third kappa shape index (κ3) is 1.92. The summed E-state index contributed by atoms with van der Waals surface area (Å²) >= 11 is 0. The lowest BCUT2D eigenvalue weighted by molar-refractivity contribution is -0.167. The fourth-order valence-corrected chi connectivity index (χ4v) is 1.64. The molecule has 66 valence electrons. The van der Waals surface area contributed by atoms with Crippen LogP contribution in [0.5, 0.6) is 0 Å². The van der Waals surface area contributed by atoms with Crippen molar-refractivity contribution in [1.29, 1.82) is 0 Å². The Kier molecular flexibility index (Phi) is 2.87.